The summed E-state index contributed by atoms with van der Waals surface area (Å²) < 4.78 is 17.9. The van der Waals surface area contributed by atoms with Crippen molar-refractivity contribution in [3.8, 4) is 11.6 Å². The molecule has 4 rings (SSSR count). The van der Waals surface area contributed by atoms with Gasteiger partial charge in [0.1, 0.15) is 17.5 Å². The van der Waals surface area contributed by atoms with E-state index >= 15 is 0 Å². The molecular weight excluding hydrogens is 380 g/mol. The topological polar surface area (TPSA) is 64.1 Å². The van der Waals surface area contributed by atoms with Crippen molar-refractivity contribution >= 4 is 0 Å². The number of benzene rings is 1. The van der Waals surface area contributed by atoms with Crippen LogP contribution in [0.4, 0.5) is 0 Å². The van der Waals surface area contributed by atoms with Gasteiger partial charge in [0.15, 0.2) is 0 Å². The molecule has 6 heteroatoms. The summed E-state index contributed by atoms with van der Waals surface area (Å²) in [4.78, 5) is 6.52. The van der Waals surface area contributed by atoms with Gasteiger partial charge in [-0.1, -0.05) is 24.3 Å². The molecule has 4 atom stereocenters. The number of methoxy groups -OCH3 is 1. The highest BCUT2D eigenvalue weighted by Gasteiger charge is 2.60. The number of para-hydroxylation sites is 1. The van der Waals surface area contributed by atoms with Crippen molar-refractivity contribution in [2.24, 2.45) is 5.92 Å². The van der Waals surface area contributed by atoms with Gasteiger partial charge in [-0.05, 0) is 51.8 Å². The Morgan fingerprint density at radius 2 is 1.97 bits per heavy atom. The number of rotatable bonds is 6. The van der Waals surface area contributed by atoms with Crippen molar-refractivity contribution in [3.05, 3.63) is 54.2 Å². The molecule has 1 aliphatic heterocycles. The molecule has 0 spiro atoms. The second kappa shape index (κ2) is 8.17. The average molecular weight is 413 g/mol. The summed E-state index contributed by atoms with van der Waals surface area (Å²) in [6.45, 7) is 5.11. The Hall–Kier alpha value is -2.15. The molecule has 1 aliphatic carbocycles. The van der Waals surface area contributed by atoms with Crippen LogP contribution in [0.15, 0.2) is 48.7 Å². The van der Waals surface area contributed by atoms with Crippen LogP contribution in [0, 0.1) is 5.92 Å². The molecule has 162 valence electrons. The Morgan fingerprint density at radius 1 is 1.20 bits per heavy atom. The molecule has 2 heterocycles. The average Bonchev–Trinajstić information content (AvgIpc) is 2.99. The van der Waals surface area contributed by atoms with Crippen LogP contribution >= 0.6 is 0 Å². The normalized spacial score (nSPS) is 30.1. The predicted molar refractivity (Wildman–Crippen MR) is 115 cm³/mol. The van der Waals surface area contributed by atoms with Gasteiger partial charge in [0.2, 0.25) is 5.88 Å². The molecular formula is C24H32N2O4. The first-order chi connectivity index (χ1) is 14.3. The molecule has 1 saturated carbocycles. The molecule has 1 aromatic carbocycles. The van der Waals surface area contributed by atoms with E-state index in [1.807, 2.05) is 43.4 Å². The SMILES string of the molecule is COc1ccccc1CN(C)[C@H]1[C@H](Oc2ccccn2)C[C@@H]2CC(C)(C)OC[C@]21O. The van der Waals surface area contributed by atoms with Gasteiger partial charge >= 0.3 is 0 Å². The third-order valence-electron chi connectivity index (χ3n) is 6.52. The molecule has 30 heavy (non-hydrogen) atoms. The maximum Gasteiger partial charge on any atom is 0.213 e. The van der Waals surface area contributed by atoms with E-state index in [0.29, 0.717) is 19.0 Å². The first kappa shape index (κ1) is 21.1. The molecule has 1 saturated heterocycles. The van der Waals surface area contributed by atoms with Crippen LogP contribution in [0.2, 0.25) is 0 Å². The van der Waals surface area contributed by atoms with E-state index in [1.165, 1.54) is 0 Å². The molecule has 2 fully saturated rings. The number of hydrogen-bond acceptors (Lipinski definition) is 6. The summed E-state index contributed by atoms with van der Waals surface area (Å²) in [5, 5.41) is 11.8. The lowest BCUT2D eigenvalue weighted by Crippen LogP contribution is -2.61. The number of hydrogen-bond donors (Lipinski definition) is 1. The van der Waals surface area contributed by atoms with Crippen LogP contribution in [-0.2, 0) is 11.3 Å². The Morgan fingerprint density at radius 3 is 2.70 bits per heavy atom. The lowest BCUT2D eigenvalue weighted by atomic mass is 9.78. The minimum Gasteiger partial charge on any atom is -0.496 e. The summed E-state index contributed by atoms with van der Waals surface area (Å²) in [5.41, 5.74) is -0.155. The van der Waals surface area contributed by atoms with Gasteiger partial charge in [-0.2, -0.15) is 0 Å². The zero-order chi connectivity index (χ0) is 21.4. The summed E-state index contributed by atoms with van der Waals surface area (Å²) >= 11 is 0. The number of pyridine rings is 1. The minimum atomic E-state index is -0.980. The first-order valence-electron chi connectivity index (χ1n) is 10.6. The summed E-state index contributed by atoms with van der Waals surface area (Å²) in [7, 11) is 3.72. The number of likely N-dealkylation sites (N-methyl/N-ethyl adjacent to an activating group) is 1. The first-order valence-corrected chi connectivity index (χ1v) is 10.6. The Labute approximate surface area is 178 Å². The van der Waals surface area contributed by atoms with Crippen LogP contribution < -0.4 is 9.47 Å². The third-order valence-corrected chi connectivity index (χ3v) is 6.52. The highest BCUT2D eigenvalue weighted by Crippen LogP contribution is 2.48. The van der Waals surface area contributed by atoms with E-state index in [0.717, 1.165) is 24.2 Å². The Kier molecular flexibility index (Phi) is 5.75. The van der Waals surface area contributed by atoms with Gasteiger partial charge in [-0.15, -0.1) is 0 Å². The van der Waals surface area contributed by atoms with E-state index in [9.17, 15) is 5.11 Å². The van der Waals surface area contributed by atoms with Crippen LogP contribution in [0.1, 0.15) is 32.3 Å². The van der Waals surface area contributed by atoms with Crippen LogP contribution in [0.5, 0.6) is 11.6 Å². The van der Waals surface area contributed by atoms with Crippen LogP contribution in [-0.4, -0.2) is 59.1 Å². The fraction of sp³-hybridized carbons (Fsp3) is 0.542. The molecule has 0 unspecified atom stereocenters. The Balaban J connectivity index is 1.63. The number of aromatic nitrogens is 1. The highest BCUT2D eigenvalue weighted by atomic mass is 16.5. The smallest absolute Gasteiger partial charge is 0.213 e. The minimum absolute atomic E-state index is 0.0973. The van der Waals surface area contributed by atoms with Crippen molar-refractivity contribution in [1.29, 1.82) is 0 Å². The maximum atomic E-state index is 11.8. The van der Waals surface area contributed by atoms with Crippen molar-refractivity contribution in [2.45, 2.75) is 56.6 Å². The predicted octanol–water partition coefficient (Wildman–Crippen LogP) is 3.29. The molecule has 2 aromatic rings. The van der Waals surface area contributed by atoms with Crippen molar-refractivity contribution in [1.82, 2.24) is 9.88 Å². The molecule has 1 N–H and O–H groups in total. The molecule has 0 radical (unpaired) electrons. The van der Waals surface area contributed by atoms with E-state index in [4.69, 9.17) is 14.2 Å². The number of aliphatic hydroxyl groups is 1. The molecule has 1 aromatic heterocycles. The molecule has 0 bridgehead atoms. The van der Waals surface area contributed by atoms with Crippen molar-refractivity contribution in [2.75, 3.05) is 20.8 Å². The monoisotopic (exact) mass is 412 g/mol. The van der Waals surface area contributed by atoms with Crippen LogP contribution in [0.25, 0.3) is 0 Å². The fourth-order valence-electron chi connectivity index (χ4n) is 5.15. The summed E-state index contributed by atoms with van der Waals surface area (Å²) in [6.07, 6.45) is 3.10. The van der Waals surface area contributed by atoms with Crippen molar-refractivity contribution < 1.29 is 19.3 Å². The van der Waals surface area contributed by atoms with Gasteiger partial charge in [0.25, 0.3) is 0 Å². The lowest BCUT2D eigenvalue weighted by molar-refractivity contribution is -0.196. The quantitative estimate of drug-likeness (QED) is 0.786. The highest BCUT2D eigenvalue weighted by molar-refractivity contribution is 5.33. The summed E-state index contributed by atoms with van der Waals surface area (Å²) in [5.74, 6) is 1.52. The molecule has 6 nitrogen and oxygen atoms in total. The lowest BCUT2D eigenvalue weighted by Gasteiger charge is -2.47. The van der Waals surface area contributed by atoms with E-state index in [1.54, 1.807) is 13.3 Å². The van der Waals surface area contributed by atoms with E-state index < -0.39 is 5.60 Å². The van der Waals surface area contributed by atoms with E-state index in [-0.39, 0.29) is 23.7 Å². The van der Waals surface area contributed by atoms with Crippen LogP contribution in [0.3, 0.4) is 0 Å². The standard InChI is InChI=1S/C24H32N2O4/c1-23(2)14-18-13-20(30-21-11-7-8-12-25-21)22(24(18,27)16-29-23)26(3)15-17-9-5-6-10-19(17)28-4/h5-12,18,20,22,27H,13-16H2,1-4H3/t18-,20-,22+,24+/m1/s1. The molecule has 2 aliphatic rings. The van der Waals surface area contributed by atoms with Crippen molar-refractivity contribution in [3.63, 3.8) is 0 Å². The third kappa shape index (κ3) is 4.04. The number of fused-ring (bicyclic) bond motifs is 1. The maximum absolute atomic E-state index is 11.8. The zero-order valence-electron chi connectivity index (χ0n) is 18.2. The fourth-order valence-corrected chi connectivity index (χ4v) is 5.15. The van der Waals surface area contributed by atoms with Gasteiger partial charge in [-0.25, -0.2) is 4.98 Å². The number of nitrogens with zero attached hydrogens (tertiary/aromatic N) is 2. The Bertz CT molecular complexity index is 859. The zero-order valence-corrected chi connectivity index (χ0v) is 18.2. The van der Waals surface area contributed by atoms with Gasteiger partial charge in [-0.3, -0.25) is 4.90 Å². The molecule has 0 amide bonds. The second-order valence-corrected chi connectivity index (χ2v) is 9.17. The van der Waals surface area contributed by atoms with E-state index in [2.05, 4.69) is 29.8 Å². The second-order valence-electron chi connectivity index (χ2n) is 9.17. The van der Waals surface area contributed by atoms with Gasteiger partial charge in [0.05, 0.1) is 25.4 Å². The van der Waals surface area contributed by atoms with Gasteiger partial charge < -0.3 is 19.3 Å². The largest absolute Gasteiger partial charge is 0.496 e. The number of ether oxygens (including phenoxy) is 3. The summed E-state index contributed by atoms with van der Waals surface area (Å²) in [6, 6.07) is 13.4. The van der Waals surface area contributed by atoms with Gasteiger partial charge in [0, 0.05) is 24.4 Å².